The standard InChI is InChI=1S/C21H26F3NO4.Na/c1-13(2)7-5-8-14(3)9-6-10-15(4)11-12-29-21-17(23)16(22)19(25(27)28)20(26)18(21)24;/h7,9,11,26H,5-6,8,10,12H2,1-4H3;/q;+1/p-1/b14-9+,15-11+;. The summed E-state index contributed by atoms with van der Waals surface area (Å²) >= 11 is 0. The number of hydrogen-bond donors (Lipinski definition) is 0. The molecular formula is C21H25F3NNaO4. The molecule has 0 radical (unpaired) electrons. The molecule has 0 heterocycles. The van der Waals surface area contributed by atoms with Crippen LogP contribution in [0.4, 0.5) is 18.9 Å². The van der Waals surface area contributed by atoms with Gasteiger partial charge in [0.15, 0.2) is 11.6 Å². The van der Waals surface area contributed by atoms with E-state index < -0.39 is 39.6 Å². The van der Waals surface area contributed by atoms with E-state index in [1.165, 1.54) is 11.1 Å². The fourth-order valence-electron chi connectivity index (χ4n) is 2.50. The molecule has 0 fully saturated rings. The second-order valence-corrected chi connectivity index (χ2v) is 6.98. The Balaban J connectivity index is 0.00000841. The van der Waals surface area contributed by atoms with Crippen LogP contribution in [0.25, 0.3) is 0 Å². The molecule has 1 aromatic carbocycles. The molecule has 160 valence electrons. The van der Waals surface area contributed by atoms with E-state index in [-0.39, 0.29) is 36.2 Å². The van der Waals surface area contributed by atoms with Crippen LogP contribution < -0.4 is 39.4 Å². The van der Waals surface area contributed by atoms with Gasteiger partial charge in [-0.05, 0) is 59.5 Å². The Hall–Kier alpha value is -1.77. The minimum atomic E-state index is -2.04. The molecule has 0 aliphatic heterocycles. The Morgan fingerprint density at radius 2 is 1.47 bits per heavy atom. The molecule has 5 nitrogen and oxygen atoms in total. The quantitative estimate of drug-likeness (QED) is 0.186. The molecule has 0 spiro atoms. The third-order valence-corrected chi connectivity index (χ3v) is 4.18. The van der Waals surface area contributed by atoms with Crippen LogP contribution in [-0.2, 0) is 0 Å². The van der Waals surface area contributed by atoms with Crippen molar-refractivity contribution in [1.29, 1.82) is 0 Å². The van der Waals surface area contributed by atoms with Crippen molar-refractivity contribution in [2.45, 2.75) is 53.4 Å². The van der Waals surface area contributed by atoms with Crippen molar-refractivity contribution >= 4 is 5.69 Å². The van der Waals surface area contributed by atoms with Gasteiger partial charge in [-0.3, -0.25) is 10.1 Å². The number of ether oxygens (including phenoxy) is 1. The predicted octanol–water partition coefficient (Wildman–Crippen LogP) is 2.89. The van der Waals surface area contributed by atoms with Gasteiger partial charge in [-0.25, -0.2) is 4.39 Å². The van der Waals surface area contributed by atoms with Crippen LogP contribution in [-0.4, -0.2) is 11.5 Å². The third kappa shape index (κ3) is 8.53. The summed E-state index contributed by atoms with van der Waals surface area (Å²) in [4.78, 5) is 9.11. The number of hydrogen-bond acceptors (Lipinski definition) is 4. The van der Waals surface area contributed by atoms with Gasteiger partial charge in [0.05, 0.1) is 4.92 Å². The number of nitro groups is 1. The van der Waals surface area contributed by atoms with Crippen LogP contribution in [0.2, 0.25) is 0 Å². The zero-order valence-electron chi connectivity index (χ0n) is 18.0. The first-order valence-corrected chi connectivity index (χ1v) is 9.15. The summed E-state index contributed by atoms with van der Waals surface area (Å²) in [5, 5.41) is 22.1. The molecule has 0 N–H and O–H groups in total. The molecule has 9 heteroatoms. The van der Waals surface area contributed by atoms with Crippen LogP contribution >= 0.6 is 0 Å². The zero-order chi connectivity index (χ0) is 22.1. The molecule has 0 amide bonds. The first kappa shape index (κ1) is 28.2. The van der Waals surface area contributed by atoms with Crippen molar-refractivity contribution in [1.82, 2.24) is 0 Å². The molecule has 0 aliphatic rings. The third-order valence-electron chi connectivity index (χ3n) is 4.18. The topological polar surface area (TPSA) is 75.4 Å². The Morgan fingerprint density at radius 1 is 0.933 bits per heavy atom. The maximum absolute atomic E-state index is 13.8. The number of allylic oxidation sites excluding steroid dienone is 5. The van der Waals surface area contributed by atoms with Crippen LogP contribution in [0.5, 0.6) is 11.5 Å². The predicted molar refractivity (Wildman–Crippen MR) is 103 cm³/mol. The molecule has 0 bridgehead atoms. The molecule has 0 aromatic heterocycles. The molecule has 0 aliphatic carbocycles. The van der Waals surface area contributed by atoms with Gasteiger partial charge < -0.3 is 9.84 Å². The van der Waals surface area contributed by atoms with Gasteiger partial charge in [0.2, 0.25) is 11.6 Å². The van der Waals surface area contributed by atoms with Gasteiger partial charge in [-0.1, -0.05) is 28.9 Å². The maximum Gasteiger partial charge on any atom is 1.00 e. The van der Waals surface area contributed by atoms with E-state index in [0.29, 0.717) is 6.42 Å². The molecule has 0 atom stereocenters. The first-order chi connectivity index (χ1) is 13.6. The van der Waals surface area contributed by atoms with Gasteiger partial charge in [0.25, 0.3) is 0 Å². The number of benzene rings is 1. The average Bonchev–Trinajstić information content (AvgIpc) is 2.62. The molecule has 0 saturated heterocycles. The summed E-state index contributed by atoms with van der Waals surface area (Å²) in [6.07, 6.45) is 9.27. The van der Waals surface area contributed by atoms with E-state index in [1.54, 1.807) is 13.0 Å². The van der Waals surface area contributed by atoms with Crippen molar-refractivity contribution in [2.24, 2.45) is 0 Å². The van der Waals surface area contributed by atoms with E-state index in [0.717, 1.165) is 24.8 Å². The van der Waals surface area contributed by atoms with E-state index >= 15 is 0 Å². The smallest absolute Gasteiger partial charge is 0.866 e. The van der Waals surface area contributed by atoms with Crippen molar-refractivity contribution in [3.8, 4) is 11.5 Å². The van der Waals surface area contributed by atoms with Gasteiger partial charge in [-0.2, -0.15) is 8.78 Å². The Bertz CT molecular complexity index is 818. The summed E-state index contributed by atoms with van der Waals surface area (Å²) in [5.74, 6) is -8.85. The molecule has 30 heavy (non-hydrogen) atoms. The van der Waals surface area contributed by atoms with Crippen molar-refractivity contribution < 1.29 is 57.5 Å². The maximum atomic E-state index is 13.8. The molecule has 0 unspecified atom stereocenters. The van der Waals surface area contributed by atoms with Crippen molar-refractivity contribution in [3.05, 3.63) is 62.5 Å². The fourth-order valence-corrected chi connectivity index (χ4v) is 2.50. The van der Waals surface area contributed by atoms with Crippen LogP contribution in [0.3, 0.4) is 0 Å². The second-order valence-electron chi connectivity index (χ2n) is 6.98. The van der Waals surface area contributed by atoms with E-state index in [2.05, 4.69) is 32.9 Å². The minimum absolute atomic E-state index is 0. The molecule has 1 rings (SSSR count). The van der Waals surface area contributed by atoms with Gasteiger partial charge in [0.1, 0.15) is 6.61 Å². The van der Waals surface area contributed by atoms with Crippen LogP contribution in [0, 0.1) is 27.6 Å². The summed E-state index contributed by atoms with van der Waals surface area (Å²) in [5.41, 5.74) is 1.65. The van der Waals surface area contributed by atoms with Crippen LogP contribution in [0.1, 0.15) is 53.4 Å². The Morgan fingerprint density at radius 3 is 2.00 bits per heavy atom. The Labute approximate surface area is 196 Å². The van der Waals surface area contributed by atoms with Gasteiger partial charge >= 0.3 is 35.2 Å². The zero-order valence-corrected chi connectivity index (χ0v) is 20.0. The molecule has 1 aromatic rings. The fraction of sp³-hybridized carbons (Fsp3) is 0.429. The van der Waals surface area contributed by atoms with Crippen LogP contribution in [0.15, 0.2) is 34.9 Å². The van der Waals surface area contributed by atoms with E-state index in [1.807, 2.05) is 0 Å². The summed E-state index contributed by atoms with van der Waals surface area (Å²) in [6.45, 7) is 7.65. The van der Waals surface area contributed by atoms with Crippen molar-refractivity contribution in [3.63, 3.8) is 0 Å². The first-order valence-electron chi connectivity index (χ1n) is 9.15. The monoisotopic (exact) mass is 435 g/mol. The normalized spacial score (nSPS) is 11.7. The van der Waals surface area contributed by atoms with E-state index in [9.17, 15) is 28.4 Å². The summed E-state index contributed by atoms with van der Waals surface area (Å²) in [7, 11) is 0. The average molecular weight is 435 g/mol. The number of nitro benzene ring substituents is 1. The SMILES string of the molecule is CC(C)=CCC/C(C)=C/CC/C(C)=C/COc1c(F)c([O-])c([N+](=O)[O-])c(F)c1F.[Na+]. The van der Waals surface area contributed by atoms with Gasteiger partial charge in [-0.15, -0.1) is 0 Å². The summed E-state index contributed by atoms with van der Waals surface area (Å²) < 4.78 is 46.1. The second kappa shape index (κ2) is 13.5. The number of nitrogens with zero attached hydrogens (tertiary/aromatic N) is 1. The Kier molecular flexibility index (Phi) is 12.7. The van der Waals surface area contributed by atoms with E-state index in [4.69, 9.17) is 4.74 Å². The number of halogens is 3. The molecular weight excluding hydrogens is 410 g/mol. The van der Waals surface area contributed by atoms with Crippen molar-refractivity contribution in [2.75, 3.05) is 6.61 Å². The van der Waals surface area contributed by atoms with Gasteiger partial charge in [0, 0.05) is 5.75 Å². The molecule has 0 saturated carbocycles. The largest absolute Gasteiger partial charge is 1.00 e. The minimum Gasteiger partial charge on any atom is -0.866 e. The number of rotatable bonds is 10. The summed E-state index contributed by atoms with van der Waals surface area (Å²) in [6, 6.07) is 0.